The number of rotatable bonds is 30. The number of hydrogen-bond donors (Lipinski definition) is 0. The van der Waals surface area contributed by atoms with E-state index in [0.29, 0.717) is 32.7 Å². The summed E-state index contributed by atoms with van der Waals surface area (Å²) < 4.78 is 27.8. The molecule has 0 saturated carbocycles. The van der Waals surface area contributed by atoms with Gasteiger partial charge in [0.2, 0.25) is 0 Å². The highest BCUT2D eigenvalue weighted by molar-refractivity contribution is 6.14. The molecular formula is C45H74N2O9. The van der Waals surface area contributed by atoms with Crippen molar-refractivity contribution in [3.8, 4) is 0 Å². The monoisotopic (exact) mass is 787 g/mol. The number of carbonyl (C=O) groups is 4. The number of allylic oxidation sites excluding steroid dienone is 4. The van der Waals surface area contributed by atoms with E-state index in [2.05, 4.69) is 30.6 Å². The third kappa shape index (κ3) is 22.8. The van der Waals surface area contributed by atoms with Gasteiger partial charge in [0.25, 0.3) is 0 Å². The fourth-order valence-corrected chi connectivity index (χ4v) is 6.47. The van der Waals surface area contributed by atoms with Crippen LogP contribution < -0.4 is 0 Å². The summed E-state index contributed by atoms with van der Waals surface area (Å²) in [7, 11) is 0. The Balaban J connectivity index is 1.79. The van der Waals surface area contributed by atoms with Crippen molar-refractivity contribution in [3.63, 3.8) is 0 Å². The quantitative estimate of drug-likeness (QED) is 0.0132. The van der Waals surface area contributed by atoms with E-state index < -0.39 is 23.9 Å². The number of ether oxygens (including phenoxy) is 5. The van der Waals surface area contributed by atoms with E-state index in [4.69, 9.17) is 23.7 Å². The largest absolute Gasteiger partial charge is 0.462 e. The van der Waals surface area contributed by atoms with Crippen molar-refractivity contribution in [3.05, 3.63) is 47.9 Å². The zero-order valence-electron chi connectivity index (χ0n) is 35.1. The molecule has 2 rings (SSSR count). The summed E-state index contributed by atoms with van der Waals surface area (Å²) >= 11 is 0. The molecule has 0 aromatic heterocycles. The van der Waals surface area contributed by atoms with E-state index in [1.807, 2.05) is 12.4 Å². The molecule has 0 N–H and O–H groups in total. The highest BCUT2D eigenvalue weighted by atomic mass is 16.6. The van der Waals surface area contributed by atoms with Crippen molar-refractivity contribution < 1.29 is 42.9 Å². The standard InChI is InChI=1S/C45H74N2O9/c1-4-7-10-19-33-53-42(48)40(26-23-30-46-28-17-15-18-29-46)43(49)56-36-22-14-13-16-25-39-38-47(32-37-52-39)31-24-27-41(44(50)54-34-20-11-8-5-2)45(51)55-35-21-12-9-6-3/h23-24,26-27,30-31,39H,4-22,25,28-29,32-38H2,1-3H3/b30-23+,31-24+,40-26+. The van der Waals surface area contributed by atoms with Crippen molar-refractivity contribution in [2.75, 3.05) is 59.2 Å². The zero-order valence-corrected chi connectivity index (χ0v) is 35.1. The summed E-state index contributed by atoms with van der Waals surface area (Å²) in [6.07, 6.45) is 30.1. The third-order valence-corrected chi connectivity index (χ3v) is 9.91. The lowest BCUT2D eigenvalue weighted by Crippen LogP contribution is -2.39. The number of unbranched alkanes of at least 4 members (excludes halogenated alkanes) is 12. The fraction of sp³-hybridized carbons (Fsp3) is 0.733. The van der Waals surface area contributed by atoms with Crippen molar-refractivity contribution in [1.29, 1.82) is 0 Å². The van der Waals surface area contributed by atoms with Gasteiger partial charge in [0.15, 0.2) is 0 Å². The summed E-state index contributed by atoms with van der Waals surface area (Å²) in [5, 5.41) is 0. The van der Waals surface area contributed by atoms with Crippen molar-refractivity contribution in [2.45, 2.75) is 155 Å². The molecule has 0 aliphatic carbocycles. The van der Waals surface area contributed by atoms with E-state index in [-0.39, 0.29) is 37.1 Å². The second kappa shape index (κ2) is 32.5. The van der Waals surface area contributed by atoms with Gasteiger partial charge in [-0.1, -0.05) is 97.8 Å². The molecule has 318 valence electrons. The number of hydrogen-bond acceptors (Lipinski definition) is 11. The van der Waals surface area contributed by atoms with Gasteiger partial charge in [0.05, 0.1) is 39.1 Å². The molecule has 0 bridgehead atoms. The maximum absolute atomic E-state index is 12.9. The van der Waals surface area contributed by atoms with Crippen LogP contribution in [0.1, 0.15) is 149 Å². The van der Waals surface area contributed by atoms with Gasteiger partial charge in [-0.25, -0.2) is 19.2 Å². The van der Waals surface area contributed by atoms with Gasteiger partial charge in [-0.2, -0.15) is 0 Å². The fourth-order valence-electron chi connectivity index (χ4n) is 6.47. The Kier molecular flexibility index (Phi) is 28.2. The van der Waals surface area contributed by atoms with Crippen molar-refractivity contribution in [1.82, 2.24) is 9.80 Å². The van der Waals surface area contributed by atoms with Gasteiger partial charge < -0.3 is 33.5 Å². The molecule has 0 aromatic carbocycles. The molecule has 11 nitrogen and oxygen atoms in total. The van der Waals surface area contributed by atoms with Gasteiger partial charge in [0, 0.05) is 26.2 Å². The predicted molar refractivity (Wildman–Crippen MR) is 221 cm³/mol. The van der Waals surface area contributed by atoms with Gasteiger partial charge in [-0.15, -0.1) is 0 Å². The minimum absolute atomic E-state index is 0.0644. The molecule has 2 saturated heterocycles. The van der Waals surface area contributed by atoms with Crippen LogP contribution in [0.3, 0.4) is 0 Å². The Morgan fingerprint density at radius 2 is 0.929 bits per heavy atom. The van der Waals surface area contributed by atoms with Crippen LogP contribution in [0.4, 0.5) is 0 Å². The van der Waals surface area contributed by atoms with Crippen molar-refractivity contribution in [2.24, 2.45) is 0 Å². The summed E-state index contributed by atoms with van der Waals surface area (Å²) in [6, 6.07) is 0. The summed E-state index contributed by atoms with van der Waals surface area (Å²) in [5.41, 5.74) is -0.151. The SMILES string of the molecule is CCCCCCOC(=O)C(=C/C=C/N1CCOC(CCCCCCOC(=O)/C(=C/C=C/N2CCCCC2)C(=O)OCCCCCC)C1)C(=O)OCCCCCC. The first-order chi connectivity index (χ1) is 27.4. The average molecular weight is 787 g/mol. The first kappa shape index (κ1) is 48.5. The lowest BCUT2D eigenvalue weighted by Gasteiger charge is -2.32. The number of piperidine rings is 1. The number of esters is 4. The lowest BCUT2D eigenvalue weighted by molar-refractivity contribution is -0.149. The van der Waals surface area contributed by atoms with Crippen LogP contribution in [0, 0.1) is 0 Å². The third-order valence-electron chi connectivity index (χ3n) is 9.91. The van der Waals surface area contributed by atoms with Crippen LogP contribution in [0.5, 0.6) is 0 Å². The Hall–Kier alpha value is -3.60. The lowest BCUT2D eigenvalue weighted by atomic mass is 10.1. The highest BCUT2D eigenvalue weighted by Crippen LogP contribution is 2.16. The number of likely N-dealkylation sites (tertiary alicyclic amines) is 1. The highest BCUT2D eigenvalue weighted by Gasteiger charge is 2.23. The Morgan fingerprint density at radius 1 is 0.518 bits per heavy atom. The molecule has 0 spiro atoms. The molecule has 1 unspecified atom stereocenters. The van der Waals surface area contributed by atoms with E-state index in [9.17, 15) is 19.2 Å². The maximum atomic E-state index is 12.9. The normalized spacial score (nSPS) is 16.3. The Labute approximate surface area is 338 Å². The van der Waals surface area contributed by atoms with Crippen LogP contribution in [0.25, 0.3) is 0 Å². The molecule has 2 aliphatic heterocycles. The molecule has 2 heterocycles. The average Bonchev–Trinajstić information content (AvgIpc) is 3.20. The van der Waals surface area contributed by atoms with E-state index >= 15 is 0 Å². The van der Waals surface area contributed by atoms with Gasteiger partial charge in [0.1, 0.15) is 11.1 Å². The number of carbonyl (C=O) groups excluding carboxylic acids is 4. The van der Waals surface area contributed by atoms with Crippen LogP contribution >= 0.6 is 0 Å². The topological polar surface area (TPSA) is 121 Å². The van der Waals surface area contributed by atoms with E-state index in [1.54, 1.807) is 12.2 Å². The van der Waals surface area contributed by atoms with Gasteiger partial charge in [-0.05, 0) is 88.1 Å². The van der Waals surface area contributed by atoms with Crippen LogP contribution in [-0.2, 0) is 42.9 Å². The smallest absolute Gasteiger partial charge is 0.345 e. The Bertz CT molecular complexity index is 1190. The first-order valence-electron chi connectivity index (χ1n) is 21.9. The van der Waals surface area contributed by atoms with Crippen LogP contribution in [-0.4, -0.2) is 99.0 Å². The summed E-state index contributed by atoms with van der Waals surface area (Å²) in [4.78, 5) is 55.8. The maximum Gasteiger partial charge on any atom is 0.345 e. The number of nitrogens with zero attached hydrogens (tertiary/aromatic N) is 2. The second-order valence-corrected chi connectivity index (χ2v) is 14.9. The molecular weight excluding hydrogens is 712 g/mol. The molecule has 1 atom stereocenters. The van der Waals surface area contributed by atoms with Crippen LogP contribution in [0.15, 0.2) is 47.9 Å². The van der Waals surface area contributed by atoms with E-state index in [1.165, 1.54) is 18.6 Å². The van der Waals surface area contributed by atoms with Gasteiger partial charge >= 0.3 is 23.9 Å². The summed E-state index contributed by atoms with van der Waals surface area (Å²) in [5.74, 6) is -2.57. The molecule has 0 amide bonds. The molecule has 56 heavy (non-hydrogen) atoms. The zero-order chi connectivity index (χ0) is 40.5. The molecule has 2 aliphatic rings. The molecule has 0 aromatic rings. The van der Waals surface area contributed by atoms with Crippen LogP contribution in [0.2, 0.25) is 0 Å². The molecule has 11 heteroatoms. The molecule has 2 fully saturated rings. The van der Waals surface area contributed by atoms with E-state index in [0.717, 1.165) is 129 Å². The minimum Gasteiger partial charge on any atom is -0.462 e. The summed E-state index contributed by atoms with van der Waals surface area (Å²) in [6.45, 7) is 11.4. The number of morpholine rings is 1. The first-order valence-corrected chi connectivity index (χ1v) is 21.9. The molecule has 0 radical (unpaired) electrons. The second-order valence-electron chi connectivity index (χ2n) is 14.9. The van der Waals surface area contributed by atoms with Crippen molar-refractivity contribution >= 4 is 23.9 Å². The predicted octanol–water partition coefficient (Wildman–Crippen LogP) is 8.92. The minimum atomic E-state index is -0.646. The van der Waals surface area contributed by atoms with Gasteiger partial charge in [-0.3, -0.25) is 0 Å². The Morgan fingerprint density at radius 3 is 1.38 bits per heavy atom.